The maximum atomic E-state index is 14.8. The quantitative estimate of drug-likeness (QED) is 0.0111. The highest BCUT2D eigenvalue weighted by molar-refractivity contribution is 6.03. The number of aromatic hydroxyl groups is 1. The first-order valence-electron chi connectivity index (χ1n) is 48.3. The molecule has 4 rings (SSSR count). The molecule has 0 saturated carbocycles. The van der Waals surface area contributed by atoms with Gasteiger partial charge in [-0.05, 0) is 111 Å². The lowest BCUT2D eigenvalue weighted by molar-refractivity contribution is -0.142. The summed E-state index contributed by atoms with van der Waals surface area (Å²) in [7, 11) is 0. The number of nitrogens with one attached hydrogen (secondary N) is 22. The summed E-state index contributed by atoms with van der Waals surface area (Å²) in [4.78, 5) is 313. The van der Waals surface area contributed by atoms with E-state index in [9.17, 15) is 141 Å². The molecule has 4 aromatic rings. The Hall–Kier alpha value is -16.1. The second kappa shape index (κ2) is 64.1. The molecule has 150 heavy (non-hydrogen) atoms. The summed E-state index contributed by atoms with van der Waals surface area (Å²) in [6.07, 6.45) is -2.26. The standard InChI is InChI=1S/C95H141N25O30/c1-11-49(8)78(94(150)104-41-74(128)110-61(31-47(4)5)88(144)119-70(45-123)92(148)115-66(36-75(129)130)82(138)105-42-77(133)134)120-91(147)62(32-48(6)7)111-79(135)50(9)106-85(141)65(35-54-38-101-58-22-16-15-20-56(54)58)114-87(143)60(30-46(2)3)109-73(127)40-103-83(139)68(43-121)117-90(146)64(34-53-23-25-55(124)26-24-53)113-89(145)63(33-52-18-13-12-14-19-52)112-80(136)51(10)107-86(142)67(37-76(131)132)116-93(149)69(44-122)118-84(140)59(27-28-71(97)125)108-72(126)39-102-81(137)57(96)21-17-29-100-95(98)99/h12-16,18-20,22-26,38,46-51,57,59-70,78,101,121-124H,11,17,21,27-37,39-45,96H2,1-10H3,(H2,97,125)(H,102,137)(H,103,139)(H,104,150)(H,105,138)(H,106,141)(H,107,142)(H,108,126)(H,109,127)(H,110,128)(H,111,135)(H,112,136)(H,113,145)(H,114,143)(H,115,148)(H,116,149)(H,117,146)(H,118,140)(H,119,144)(H,120,147)(H,129,130)(H,131,132)(H,133,134)(H4,98,99,100)/t49-,50-,51-,57-,59-,60-,61-,62-,63-,64-,65-,66-,67-,68-,69-,70-,78-/m0/s1. The molecule has 0 saturated heterocycles. The summed E-state index contributed by atoms with van der Waals surface area (Å²) in [6.45, 7) is 9.17. The Bertz CT molecular complexity index is 5360. The van der Waals surface area contributed by atoms with Gasteiger partial charge in [0.1, 0.15) is 103 Å². The molecule has 20 amide bonds. The van der Waals surface area contributed by atoms with Gasteiger partial charge < -0.3 is 164 Å². The maximum absolute atomic E-state index is 14.8. The van der Waals surface area contributed by atoms with Crippen LogP contribution >= 0.6 is 0 Å². The van der Waals surface area contributed by atoms with E-state index in [0.29, 0.717) is 28.5 Å². The van der Waals surface area contributed by atoms with Crippen LogP contribution < -0.4 is 124 Å². The van der Waals surface area contributed by atoms with E-state index in [2.05, 4.69) is 101 Å². The van der Waals surface area contributed by atoms with Crippen LogP contribution in [0.25, 0.3) is 10.9 Å². The van der Waals surface area contributed by atoms with Crippen LogP contribution in [0.4, 0.5) is 0 Å². The van der Waals surface area contributed by atoms with E-state index in [-0.39, 0.29) is 86.5 Å². The Labute approximate surface area is 862 Å². The number of primary amides is 1. The fourth-order valence-corrected chi connectivity index (χ4v) is 14.7. The molecule has 0 aliphatic rings. The fraction of sp³-hybridized carbons (Fsp3) is 0.537. The fourth-order valence-electron chi connectivity index (χ4n) is 14.7. The average Bonchev–Trinajstić information content (AvgIpc) is 1.85. The van der Waals surface area contributed by atoms with Gasteiger partial charge in [0.15, 0.2) is 5.96 Å². The molecule has 826 valence electrons. The van der Waals surface area contributed by atoms with Gasteiger partial charge in [0, 0.05) is 49.3 Å². The number of phenols is 1. The Morgan fingerprint density at radius 2 is 0.707 bits per heavy atom. The number of hydrogen-bond donors (Lipinski definition) is 32. The zero-order valence-electron chi connectivity index (χ0n) is 84.7. The maximum Gasteiger partial charge on any atom is 0.322 e. The number of amides is 20. The number of aromatic amines is 1. The predicted octanol–water partition coefficient (Wildman–Crippen LogP) is -9.27. The molecule has 1 aromatic heterocycles. The van der Waals surface area contributed by atoms with Crippen molar-refractivity contribution in [3.8, 4) is 5.75 Å². The van der Waals surface area contributed by atoms with Crippen LogP contribution in [0.3, 0.4) is 0 Å². The average molecular weight is 2110 g/mol. The normalized spacial score (nSPS) is 14.5. The number of guanidine groups is 1. The molecule has 0 fully saturated rings. The summed E-state index contributed by atoms with van der Waals surface area (Å²) in [5, 5.41) is 125. The Morgan fingerprint density at radius 3 is 1.16 bits per heavy atom. The van der Waals surface area contributed by atoms with Crippen LogP contribution in [0.5, 0.6) is 5.75 Å². The number of hydrogen-bond acceptors (Lipinski definition) is 29. The number of para-hydroxylation sites is 1. The highest BCUT2D eigenvalue weighted by Crippen LogP contribution is 2.22. The van der Waals surface area contributed by atoms with E-state index in [1.807, 2.05) is 10.6 Å². The van der Waals surface area contributed by atoms with Crippen molar-refractivity contribution >= 4 is 153 Å². The summed E-state index contributed by atoms with van der Waals surface area (Å²) >= 11 is 0. The van der Waals surface area contributed by atoms with Gasteiger partial charge in [0.25, 0.3) is 0 Å². The van der Waals surface area contributed by atoms with Crippen LogP contribution in [-0.2, 0) is 130 Å². The molecular formula is C95H141N25O30. The van der Waals surface area contributed by atoms with Crippen LogP contribution in [-0.4, -0.2) is 332 Å². The number of rotatable bonds is 67. The van der Waals surface area contributed by atoms with Crippen molar-refractivity contribution in [3.63, 3.8) is 0 Å². The number of H-pyrrole nitrogens is 1. The van der Waals surface area contributed by atoms with E-state index < -0.39 is 317 Å². The van der Waals surface area contributed by atoms with E-state index in [0.717, 1.165) is 6.92 Å². The van der Waals surface area contributed by atoms with Crippen LogP contribution in [0.1, 0.15) is 150 Å². The van der Waals surface area contributed by atoms with Gasteiger partial charge in [-0.15, -0.1) is 0 Å². The highest BCUT2D eigenvalue weighted by Gasteiger charge is 2.40. The summed E-state index contributed by atoms with van der Waals surface area (Å²) in [6, 6.07) is -6.28. The number of phenolic OH excluding ortho intramolecular Hbond substituents is 1. The number of benzene rings is 3. The summed E-state index contributed by atoms with van der Waals surface area (Å²) in [5.74, 6) is -28.3. The number of nitrogens with two attached hydrogens (primary N) is 3. The minimum absolute atomic E-state index is 0.0451. The Kier molecular flexibility index (Phi) is 54.0. The zero-order chi connectivity index (χ0) is 112. The van der Waals surface area contributed by atoms with Crippen molar-refractivity contribution in [3.05, 3.63) is 102 Å². The number of carboxylic acid groups (broad SMARTS) is 3. The van der Waals surface area contributed by atoms with Gasteiger partial charge in [-0.25, -0.2) is 0 Å². The molecule has 0 bridgehead atoms. The second-order valence-corrected chi connectivity index (χ2v) is 36.9. The minimum Gasteiger partial charge on any atom is -0.508 e. The Balaban J connectivity index is 1.51. The SMILES string of the molecule is CC[C@H](C)[C@H](NC(=O)[C@H](CC(C)C)NC(=O)[C@H](C)NC(=O)[C@H](Cc1c[nH]c2ccccc12)NC(=O)[C@H](CC(C)C)NC(=O)CNC(=O)[C@H](CO)NC(=O)[C@H](Cc1ccc(O)cc1)NC(=O)[C@H](Cc1ccccc1)NC(=O)[C@H](C)NC(=O)[C@H](CC(=O)O)NC(=O)[C@H](CO)NC(=O)[C@H](CCC(N)=O)NC(=O)CNC(=O)[C@@H](N)CCCNC(=N)N)C(=O)NCC(=O)N[C@@H](CC(C)C)C(=O)N[C@@H](CO)C(=O)N[C@@H](CC(=O)O)C(=O)NCC(=O)O. The molecule has 0 aliphatic heterocycles. The van der Waals surface area contributed by atoms with Gasteiger partial charge in [-0.2, -0.15) is 0 Å². The molecule has 3 aromatic carbocycles. The third-order valence-electron chi connectivity index (χ3n) is 22.8. The zero-order valence-corrected chi connectivity index (χ0v) is 84.7. The van der Waals surface area contributed by atoms with Gasteiger partial charge in [0.05, 0.1) is 58.3 Å². The first-order valence-corrected chi connectivity index (χ1v) is 48.3. The molecule has 55 heteroatoms. The third kappa shape index (κ3) is 45.9. The van der Waals surface area contributed by atoms with Crippen molar-refractivity contribution < 1.29 is 146 Å². The minimum atomic E-state index is -2.09. The highest BCUT2D eigenvalue weighted by atomic mass is 16.4. The van der Waals surface area contributed by atoms with E-state index in [1.54, 1.807) is 116 Å². The third-order valence-corrected chi connectivity index (χ3v) is 22.8. The van der Waals surface area contributed by atoms with Crippen molar-refractivity contribution in [2.45, 2.75) is 249 Å². The number of carboxylic acids is 3. The molecule has 0 unspecified atom stereocenters. The van der Waals surface area contributed by atoms with Crippen LogP contribution in [0, 0.1) is 29.1 Å². The number of carbonyl (C=O) groups is 23. The monoisotopic (exact) mass is 2110 g/mol. The number of fused-ring (bicyclic) bond motifs is 1. The van der Waals surface area contributed by atoms with Crippen molar-refractivity contribution in [1.29, 1.82) is 5.41 Å². The topological polar surface area (TPSA) is 893 Å². The number of aromatic nitrogens is 1. The van der Waals surface area contributed by atoms with Crippen molar-refractivity contribution in [2.75, 3.05) is 52.5 Å². The molecule has 17 atom stereocenters. The van der Waals surface area contributed by atoms with Crippen LogP contribution in [0.2, 0.25) is 0 Å². The lowest BCUT2D eigenvalue weighted by atomic mass is 9.96. The van der Waals surface area contributed by atoms with Gasteiger partial charge in [-0.1, -0.05) is 122 Å². The molecule has 0 aliphatic carbocycles. The molecule has 1 heterocycles. The summed E-state index contributed by atoms with van der Waals surface area (Å²) in [5.41, 5.74) is 18.2. The summed E-state index contributed by atoms with van der Waals surface area (Å²) < 4.78 is 0. The first-order chi connectivity index (χ1) is 70.6. The van der Waals surface area contributed by atoms with E-state index in [1.165, 1.54) is 31.2 Å². The van der Waals surface area contributed by atoms with Crippen molar-refractivity contribution in [2.24, 2.45) is 40.9 Å². The smallest absolute Gasteiger partial charge is 0.322 e. The van der Waals surface area contributed by atoms with E-state index >= 15 is 0 Å². The van der Waals surface area contributed by atoms with Gasteiger partial charge in [-0.3, -0.25) is 116 Å². The first kappa shape index (κ1) is 126. The predicted molar refractivity (Wildman–Crippen MR) is 533 cm³/mol. The molecule has 0 radical (unpaired) electrons. The van der Waals surface area contributed by atoms with E-state index in [4.69, 9.17) is 27.7 Å². The van der Waals surface area contributed by atoms with Gasteiger partial charge >= 0.3 is 17.9 Å². The molecular weight excluding hydrogens is 1970 g/mol. The number of aliphatic hydroxyl groups is 3. The lowest BCUT2D eigenvalue weighted by Crippen LogP contribution is -2.61. The number of carbonyl (C=O) groups excluding carboxylic acids is 20. The van der Waals surface area contributed by atoms with Gasteiger partial charge in [0.2, 0.25) is 118 Å². The van der Waals surface area contributed by atoms with Crippen molar-refractivity contribution in [1.82, 2.24) is 111 Å². The second-order valence-electron chi connectivity index (χ2n) is 36.9. The number of aliphatic hydroxyl groups excluding tert-OH is 3. The number of aliphatic carboxylic acids is 3. The molecule has 35 N–H and O–H groups in total. The Morgan fingerprint density at radius 1 is 0.353 bits per heavy atom. The molecule has 55 nitrogen and oxygen atoms in total. The lowest BCUT2D eigenvalue weighted by Gasteiger charge is -2.28. The molecule has 0 spiro atoms. The largest absolute Gasteiger partial charge is 0.508 e. The van der Waals surface area contributed by atoms with Crippen LogP contribution in [0.15, 0.2) is 85.1 Å².